The number of carbonyl (C=O) groups excluding carboxylic acids is 1. The third-order valence-corrected chi connectivity index (χ3v) is 6.92. The molecule has 2 aromatic carbocycles. The van der Waals surface area contributed by atoms with Crippen LogP contribution in [0.15, 0.2) is 54.7 Å². The molecule has 1 aromatic heterocycles. The SMILES string of the molecule is N#Cc1ccc(CCCC(=O)O)c(NC(=O)C2CC23CCOc2ccc(-c4cccnn4)cc23)c1. The molecule has 2 atom stereocenters. The van der Waals surface area contributed by atoms with Crippen molar-refractivity contribution >= 4 is 17.6 Å². The lowest BCUT2D eigenvalue weighted by Crippen LogP contribution is -2.27. The lowest BCUT2D eigenvalue weighted by molar-refractivity contribution is -0.137. The number of carboxylic acid groups (broad SMARTS) is 1. The van der Waals surface area contributed by atoms with Gasteiger partial charge in [-0.05, 0) is 73.7 Å². The highest BCUT2D eigenvalue weighted by Gasteiger charge is 2.61. The number of nitrogens with zero attached hydrogens (tertiary/aromatic N) is 3. The lowest BCUT2D eigenvalue weighted by Gasteiger charge is -2.27. The summed E-state index contributed by atoms with van der Waals surface area (Å²) in [5.74, 6) is -0.389. The minimum atomic E-state index is -0.858. The van der Waals surface area contributed by atoms with E-state index in [1.807, 2.05) is 24.3 Å². The predicted octanol–water partition coefficient (Wildman–Crippen LogP) is 4.10. The first-order valence-corrected chi connectivity index (χ1v) is 11.6. The molecular formula is C27H24N4O4. The molecule has 0 saturated heterocycles. The van der Waals surface area contributed by atoms with Crippen molar-refractivity contribution in [2.45, 2.75) is 37.5 Å². The third kappa shape index (κ3) is 4.45. The molecule has 8 nitrogen and oxygen atoms in total. The van der Waals surface area contributed by atoms with Crippen molar-refractivity contribution in [2.75, 3.05) is 11.9 Å². The van der Waals surface area contributed by atoms with Crippen molar-refractivity contribution in [1.82, 2.24) is 10.2 Å². The summed E-state index contributed by atoms with van der Waals surface area (Å²) in [5, 5.41) is 29.5. The maximum atomic E-state index is 13.4. The molecule has 2 heterocycles. The number of nitrogens with one attached hydrogen (secondary N) is 1. The van der Waals surface area contributed by atoms with Crippen molar-refractivity contribution in [3.63, 3.8) is 0 Å². The number of carbonyl (C=O) groups is 2. The van der Waals surface area contributed by atoms with E-state index in [-0.39, 0.29) is 23.7 Å². The van der Waals surface area contributed by atoms with E-state index >= 15 is 0 Å². The Morgan fingerprint density at radius 1 is 1.23 bits per heavy atom. The number of aryl methyl sites for hydroxylation is 1. The van der Waals surface area contributed by atoms with Gasteiger partial charge in [-0.1, -0.05) is 6.07 Å². The highest BCUT2D eigenvalue weighted by molar-refractivity contribution is 5.97. The van der Waals surface area contributed by atoms with Gasteiger partial charge in [-0.25, -0.2) is 0 Å². The number of hydrogen-bond donors (Lipinski definition) is 2. The van der Waals surface area contributed by atoms with Crippen LogP contribution in [0.5, 0.6) is 5.75 Å². The van der Waals surface area contributed by atoms with Crippen molar-refractivity contribution in [3.8, 4) is 23.1 Å². The Kier molecular flexibility index (Phi) is 5.91. The highest BCUT2D eigenvalue weighted by atomic mass is 16.5. The van der Waals surface area contributed by atoms with Gasteiger partial charge >= 0.3 is 5.97 Å². The lowest BCUT2D eigenvalue weighted by atomic mass is 9.86. The minimum Gasteiger partial charge on any atom is -0.493 e. The van der Waals surface area contributed by atoms with Crippen LogP contribution in [0.2, 0.25) is 0 Å². The Morgan fingerprint density at radius 3 is 2.89 bits per heavy atom. The van der Waals surface area contributed by atoms with Gasteiger partial charge in [0, 0.05) is 40.8 Å². The van der Waals surface area contributed by atoms with E-state index in [1.165, 1.54) is 0 Å². The van der Waals surface area contributed by atoms with Crippen LogP contribution in [0.25, 0.3) is 11.3 Å². The Bertz CT molecular complexity index is 1330. The van der Waals surface area contributed by atoms with Crippen molar-refractivity contribution in [3.05, 3.63) is 71.4 Å². The third-order valence-electron chi connectivity index (χ3n) is 6.92. The summed E-state index contributed by atoms with van der Waals surface area (Å²) in [5.41, 5.74) is 4.24. The van der Waals surface area contributed by atoms with Crippen molar-refractivity contribution < 1.29 is 19.4 Å². The monoisotopic (exact) mass is 468 g/mol. The van der Waals surface area contributed by atoms with Gasteiger partial charge in [-0.3, -0.25) is 9.59 Å². The second-order valence-electron chi connectivity index (χ2n) is 9.05. The fraction of sp³-hybridized carbons (Fsp3) is 0.296. The standard InChI is InChI=1S/C27H24N4O4/c28-16-17-6-7-18(3-1-5-25(32)33)23(13-17)30-26(34)21-15-27(21)10-12-35-24-9-8-19(14-20(24)27)22-4-2-11-29-31-22/h2,4,6-9,11,13-14,21H,1,3,5,10,12,15H2,(H,30,34)(H,32,33). The topological polar surface area (TPSA) is 125 Å². The number of amides is 1. The summed E-state index contributed by atoms with van der Waals surface area (Å²) < 4.78 is 5.90. The number of carboxylic acids is 1. The first kappa shape index (κ1) is 22.5. The quantitative estimate of drug-likeness (QED) is 0.535. The molecule has 3 aromatic rings. The smallest absolute Gasteiger partial charge is 0.303 e. The fourth-order valence-electron chi connectivity index (χ4n) is 4.99. The Balaban J connectivity index is 1.38. The number of ether oxygens (including phenoxy) is 1. The zero-order chi connectivity index (χ0) is 24.4. The van der Waals surface area contributed by atoms with E-state index in [0.29, 0.717) is 37.1 Å². The Labute approximate surface area is 202 Å². The van der Waals surface area contributed by atoms with Crippen LogP contribution in [0.3, 0.4) is 0 Å². The van der Waals surface area contributed by atoms with Crippen LogP contribution in [0.1, 0.15) is 42.4 Å². The molecule has 0 radical (unpaired) electrons. The Morgan fingerprint density at radius 2 is 2.11 bits per heavy atom. The second-order valence-corrected chi connectivity index (χ2v) is 9.05. The van der Waals surface area contributed by atoms with Gasteiger partial charge in [-0.2, -0.15) is 15.5 Å². The van der Waals surface area contributed by atoms with E-state index in [2.05, 4.69) is 27.6 Å². The van der Waals surface area contributed by atoms with Gasteiger partial charge in [0.05, 0.1) is 23.9 Å². The molecule has 176 valence electrons. The first-order chi connectivity index (χ1) is 17.0. The summed E-state index contributed by atoms with van der Waals surface area (Å²) in [6.45, 7) is 0.547. The fourth-order valence-corrected chi connectivity index (χ4v) is 4.99. The molecule has 1 spiro atoms. The van der Waals surface area contributed by atoms with Crippen LogP contribution in [-0.4, -0.2) is 33.8 Å². The van der Waals surface area contributed by atoms with Crippen LogP contribution in [0, 0.1) is 17.2 Å². The van der Waals surface area contributed by atoms with Gasteiger partial charge in [0.25, 0.3) is 0 Å². The molecule has 2 unspecified atom stereocenters. The Hall–Kier alpha value is -4.25. The number of hydrogen-bond acceptors (Lipinski definition) is 6. The predicted molar refractivity (Wildman–Crippen MR) is 128 cm³/mol. The van der Waals surface area contributed by atoms with E-state index in [9.17, 15) is 14.9 Å². The van der Waals surface area contributed by atoms with Gasteiger partial charge in [0.15, 0.2) is 0 Å². The highest BCUT2D eigenvalue weighted by Crippen LogP contribution is 2.61. The van der Waals surface area contributed by atoms with Gasteiger partial charge in [-0.15, -0.1) is 0 Å². The number of aromatic nitrogens is 2. The zero-order valence-electron chi connectivity index (χ0n) is 19.0. The number of aliphatic carboxylic acids is 1. The molecular weight excluding hydrogens is 444 g/mol. The number of fused-ring (bicyclic) bond motifs is 2. The minimum absolute atomic E-state index is 0.0457. The molecule has 35 heavy (non-hydrogen) atoms. The molecule has 5 rings (SSSR count). The molecule has 0 bridgehead atoms. The number of rotatable bonds is 7. The summed E-state index contributed by atoms with van der Waals surface area (Å²) in [6.07, 6.45) is 4.08. The number of nitriles is 1. The number of benzene rings is 2. The van der Waals surface area contributed by atoms with E-state index in [0.717, 1.165) is 34.6 Å². The summed E-state index contributed by atoms with van der Waals surface area (Å²) >= 11 is 0. The summed E-state index contributed by atoms with van der Waals surface area (Å²) in [4.78, 5) is 24.3. The second kappa shape index (κ2) is 9.18. The maximum Gasteiger partial charge on any atom is 0.303 e. The van der Waals surface area contributed by atoms with E-state index in [1.54, 1.807) is 24.4 Å². The molecule has 1 amide bonds. The van der Waals surface area contributed by atoms with Crippen LogP contribution >= 0.6 is 0 Å². The largest absolute Gasteiger partial charge is 0.493 e. The van der Waals surface area contributed by atoms with Crippen LogP contribution < -0.4 is 10.1 Å². The zero-order valence-corrected chi connectivity index (χ0v) is 19.0. The summed E-state index contributed by atoms with van der Waals surface area (Å²) in [7, 11) is 0. The molecule has 8 heteroatoms. The van der Waals surface area contributed by atoms with Crippen LogP contribution in [0.4, 0.5) is 5.69 Å². The van der Waals surface area contributed by atoms with E-state index in [4.69, 9.17) is 9.84 Å². The molecule has 1 fully saturated rings. The molecule has 2 aliphatic rings. The van der Waals surface area contributed by atoms with Gasteiger partial charge in [0.2, 0.25) is 5.91 Å². The average Bonchev–Trinajstić information content (AvgIpc) is 3.60. The van der Waals surface area contributed by atoms with Crippen molar-refractivity contribution in [2.24, 2.45) is 5.92 Å². The maximum absolute atomic E-state index is 13.4. The van der Waals surface area contributed by atoms with Crippen LogP contribution in [-0.2, 0) is 21.4 Å². The molecule has 1 aliphatic carbocycles. The molecule has 2 N–H and O–H groups in total. The van der Waals surface area contributed by atoms with Gasteiger partial charge in [0.1, 0.15) is 5.75 Å². The molecule has 1 aliphatic heterocycles. The van der Waals surface area contributed by atoms with E-state index < -0.39 is 5.97 Å². The normalized spacial score (nSPS) is 19.8. The summed E-state index contributed by atoms with van der Waals surface area (Å²) in [6, 6.07) is 16.9. The average molecular weight is 469 g/mol. The van der Waals surface area contributed by atoms with Crippen molar-refractivity contribution in [1.29, 1.82) is 5.26 Å². The van der Waals surface area contributed by atoms with Gasteiger partial charge < -0.3 is 15.2 Å². The number of anilines is 1. The molecule has 1 saturated carbocycles. The first-order valence-electron chi connectivity index (χ1n) is 11.6.